The summed E-state index contributed by atoms with van der Waals surface area (Å²) in [5.41, 5.74) is -0.287. The van der Waals surface area contributed by atoms with Crippen molar-refractivity contribution in [3.05, 3.63) is 36.2 Å². The lowest BCUT2D eigenvalue weighted by atomic mass is 9.96. The van der Waals surface area contributed by atoms with Crippen molar-refractivity contribution < 1.29 is 31.5 Å². The fourth-order valence-corrected chi connectivity index (χ4v) is 4.74. The van der Waals surface area contributed by atoms with Crippen molar-refractivity contribution in [1.29, 1.82) is 0 Å². The number of nitrogens with zero attached hydrogens (tertiary/aromatic N) is 3. The van der Waals surface area contributed by atoms with Gasteiger partial charge in [-0.05, 0) is 50.8 Å². The number of rotatable bonds is 7. The fourth-order valence-electron chi connectivity index (χ4n) is 4.11. The van der Waals surface area contributed by atoms with Crippen LogP contribution in [0.25, 0.3) is 0 Å². The maximum atomic E-state index is 14.9. The number of hydrogen-bond donors (Lipinski definition) is 1. The van der Waals surface area contributed by atoms with E-state index in [9.17, 15) is 22.0 Å². The summed E-state index contributed by atoms with van der Waals surface area (Å²) in [6.07, 6.45) is 3.11. The number of ether oxygens (including phenoxy) is 2. The van der Waals surface area contributed by atoms with Crippen molar-refractivity contribution in [2.45, 2.75) is 37.7 Å². The molecular formula is C22H26F2N4O5S. The van der Waals surface area contributed by atoms with Gasteiger partial charge in [0.1, 0.15) is 12.1 Å². The van der Waals surface area contributed by atoms with E-state index in [-0.39, 0.29) is 52.4 Å². The summed E-state index contributed by atoms with van der Waals surface area (Å²) in [5.74, 6) is -2.09. The van der Waals surface area contributed by atoms with Crippen molar-refractivity contribution in [3.63, 3.8) is 0 Å². The molecule has 4 rings (SSSR count). The Morgan fingerprint density at radius 1 is 1.32 bits per heavy atom. The number of carbonyl (C=O) groups excluding carboxylic acids is 1. The molecule has 1 aliphatic heterocycles. The van der Waals surface area contributed by atoms with Gasteiger partial charge < -0.3 is 19.7 Å². The first-order valence-corrected chi connectivity index (χ1v) is 12.7. The average molecular weight is 497 g/mol. The molecule has 0 spiro atoms. The highest BCUT2D eigenvalue weighted by molar-refractivity contribution is 7.90. The zero-order chi connectivity index (χ0) is 24.7. The minimum atomic E-state index is -3.58. The molecule has 1 amide bonds. The molecular weight excluding hydrogens is 470 g/mol. The van der Waals surface area contributed by atoms with Gasteiger partial charge in [0.2, 0.25) is 5.82 Å². The number of fused-ring (bicyclic) bond motifs is 1. The van der Waals surface area contributed by atoms with Crippen LogP contribution in [0.2, 0.25) is 0 Å². The molecule has 2 aromatic rings. The predicted molar refractivity (Wildman–Crippen MR) is 119 cm³/mol. The Morgan fingerprint density at radius 2 is 2.09 bits per heavy atom. The third-order valence-electron chi connectivity index (χ3n) is 6.15. The van der Waals surface area contributed by atoms with E-state index in [1.54, 1.807) is 18.7 Å². The first-order valence-electron chi connectivity index (χ1n) is 10.8. The van der Waals surface area contributed by atoms with Crippen LogP contribution in [0.1, 0.15) is 26.7 Å². The largest absolute Gasteiger partial charge is 0.475 e. The summed E-state index contributed by atoms with van der Waals surface area (Å²) < 4.78 is 63.4. The van der Waals surface area contributed by atoms with Crippen LogP contribution in [-0.2, 0) is 14.6 Å². The van der Waals surface area contributed by atoms with Gasteiger partial charge >= 0.3 is 6.09 Å². The van der Waals surface area contributed by atoms with E-state index in [2.05, 4.69) is 15.3 Å². The molecule has 1 saturated heterocycles. The van der Waals surface area contributed by atoms with Gasteiger partial charge in [0.05, 0.1) is 23.3 Å². The molecule has 2 atom stereocenters. The van der Waals surface area contributed by atoms with E-state index in [0.717, 1.165) is 25.1 Å². The summed E-state index contributed by atoms with van der Waals surface area (Å²) in [4.78, 5) is 21.3. The van der Waals surface area contributed by atoms with Crippen molar-refractivity contribution in [2.75, 3.05) is 31.3 Å². The molecule has 0 bridgehead atoms. The fraction of sp³-hybridized carbons (Fsp3) is 0.500. The minimum absolute atomic E-state index is 0.141. The number of amides is 1. The van der Waals surface area contributed by atoms with Crippen LogP contribution in [0.5, 0.6) is 5.88 Å². The number of carbonyl (C=O) groups is 1. The number of nitrogens with one attached hydrogen (secondary N) is 1. The average Bonchev–Trinajstić information content (AvgIpc) is 3.48. The Balaban J connectivity index is 1.39. The van der Waals surface area contributed by atoms with Crippen LogP contribution in [0.4, 0.5) is 25.1 Å². The molecule has 184 valence electrons. The Hall–Kier alpha value is -3.02. The molecule has 2 unspecified atom stereocenters. The molecule has 1 aromatic carbocycles. The SMILES string of the molecule is CC(C)OC(=O)N1CCC2(COc3ncnc(Nc4ccc(S(C)(=O)=O)cc4F)c3F)CC2C1. The molecule has 0 radical (unpaired) electrons. The van der Waals surface area contributed by atoms with Gasteiger partial charge in [0, 0.05) is 24.8 Å². The van der Waals surface area contributed by atoms with Gasteiger partial charge in [-0.25, -0.2) is 22.6 Å². The summed E-state index contributed by atoms with van der Waals surface area (Å²) in [6.45, 7) is 4.94. The first kappa shape index (κ1) is 24.1. The first-order chi connectivity index (χ1) is 16.0. The maximum absolute atomic E-state index is 14.9. The molecule has 2 fully saturated rings. The number of likely N-dealkylation sites (tertiary alicyclic amines) is 1. The van der Waals surface area contributed by atoms with Crippen LogP contribution in [0, 0.1) is 23.0 Å². The predicted octanol–water partition coefficient (Wildman–Crippen LogP) is 3.54. The molecule has 2 heterocycles. The second-order valence-corrected chi connectivity index (χ2v) is 11.1. The van der Waals surface area contributed by atoms with Crippen molar-refractivity contribution in [3.8, 4) is 5.88 Å². The van der Waals surface area contributed by atoms with Crippen LogP contribution in [0.3, 0.4) is 0 Å². The standard InChI is InChI=1S/C22H26F2N4O5S/c1-13(2)33-21(29)28-7-6-22(9-14(22)10-28)11-32-20-18(24)19(25-12-26-20)27-17-5-4-15(8-16(17)23)34(3,30)31/h4-5,8,12-14H,6-7,9-11H2,1-3H3,(H,25,26,27). The van der Waals surface area contributed by atoms with E-state index in [1.807, 2.05) is 0 Å². The van der Waals surface area contributed by atoms with Crippen LogP contribution < -0.4 is 10.1 Å². The highest BCUT2D eigenvalue weighted by Gasteiger charge is 2.58. The highest BCUT2D eigenvalue weighted by atomic mass is 32.2. The summed E-state index contributed by atoms with van der Waals surface area (Å²) in [7, 11) is -3.58. The number of halogens is 2. The normalized spacial score (nSPS) is 21.7. The van der Waals surface area contributed by atoms with Crippen LogP contribution >= 0.6 is 0 Å². The monoisotopic (exact) mass is 496 g/mol. The van der Waals surface area contributed by atoms with E-state index >= 15 is 0 Å². The number of benzene rings is 1. The Bertz CT molecular complexity index is 1210. The zero-order valence-electron chi connectivity index (χ0n) is 19.0. The lowest BCUT2D eigenvalue weighted by Gasteiger charge is -2.31. The smallest absolute Gasteiger partial charge is 0.410 e. The number of hydrogen-bond acceptors (Lipinski definition) is 8. The molecule has 1 aliphatic carbocycles. The van der Waals surface area contributed by atoms with Crippen molar-refractivity contribution in [2.24, 2.45) is 11.3 Å². The summed E-state index contributed by atoms with van der Waals surface area (Å²) in [6, 6.07) is 3.26. The molecule has 1 saturated carbocycles. The third-order valence-corrected chi connectivity index (χ3v) is 7.26. The summed E-state index contributed by atoms with van der Waals surface area (Å²) >= 11 is 0. The van der Waals surface area contributed by atoms with Gasteiger partial charge in [0.25, 0.3) is 5.88 Å². The Labute approximate surface area is 196 Å². The Kier molecular flexibility index (Phi) is 6.36. The van der Waals surface area contributed by atoms with E-state index in [1.165, 1.54) is 12.1 Å². The van der Waals surface area contributed by atoms with Crippen molar-refractivity contribution >= 4 is 27.4 Å². The molecule has 34 heavy (non-hydrogen) atoms. The zero-order valence-corrected chi connectivity index (χ0v) is 19.9. The number of piperidine rings is 1. The quantitative estimate of drug-likeness (QED) is 0.620. The maximum Gasteiger partial charge on any atom is 0.410 e. The lowest BCUT2D eigenvalue weighted by molar-refractivity contribution is 0.0584. The van der Waals surface area contributed by atoms with Crippen molar-refractivity contribution in [1.82, 2.24) is 14.9 Å². The number of anilines is 2. The van der Waals surface area contributed by atoms with Gasteiger partial charge in [-0.15, -0.1) is 0 Å². The molecule has 2 aliphatic rings. The van der Waals surface area contributed by atoms with Gasteiger partial charge in [-0.1, -0.05) is 0 Å². The second-order valence-electron chi connectivity index (χ2n) is 9.06. The number of aromatic nitrogens is 2. The van der Waals surface area contributed by atoms with Gasteiger partial charge in [-0.3, -0.25) is 0 Å². The second kappa shape index (κ2) is 8.97. The van der Waals surface area contributed by atoms with E-state index in [0.29, 0.717) is 19.5 Å². The van der Waals surface area contributed by atoms with Crippen LogP contribution in [-0.4, -0.2) is 61.4 Å². The minimum Gasteiger partial charge on any atom is -0.475 e. The Morgan fingerprint density at radius 3 is 2.74 bits per heavy atom. The topological polar surface area (TPSA) is 111 Å². The van der Waals surface area contributed by atoms with E-state index < -0.39 is 21.5 Å². The van der Waals surface area contributed by atoms with Crippen LogP contribution in [0.15, 0.2) is 29.4 Å². The summed E-state index contributed by atoms with van der Waals surface area (Å²) in [5, 5.41) is 2.52. The van der Waals surface area contributed by atoms with E-state index in [4.69, 9.17) is 9.47 Å². The molecule has 1 aromatic heterocycles. The van der Waals surface area contributed by atoms with Gasteiger partial charge in [0.15, 0.2) is 15.7 Å². The number of sulfone groups is 1. The molecule has 1 N–H and O–H groups in total. The third kappa shape index (κ3) is 5.06. The van der Waals surface area contributed by atoms with Gasteiger partial charge in [-0.2, -0.15) is 9.37 Å². The lowest BCUT2D eigenvalue weighted by Crippen LogP contribution is -2.41. The molecule has 12 heteroatoms. The molecule has 9 nitrogen and oxygen atoms in total. The highest BCUT2D eigenvalue weighted by Crippen LogP contribution is 2.58.